The van der Waals surface area contributed by atoms with Crippen LogP contribution in [0, 0.1) is 17.8 Å². The molecule has 127 valence electrons. The van der Waals surface area contributed by atoms with Crippen LogP contribution in [0.4, 0.5) is 13.2 Å². The quantitative estimate of drug-likeness (QED) is 0.339. The van der Waals surface area contributed by atoms with Crippen LogP contribution in [0.2, 0.25) is 19.1 Å². The summed E-state index contributed by atoms with van der Waals surface area (Å²) in [5.41, 5.74) is 0. The van der Waals surface area contributed by atoms with Crippen molar-refractivity contribution in [2.75, 3.05) is 0 Å². The second kappa shape index (κ2) is 14.7. The molecule has 0 bridgehead atoms. The zero-order chi connectivity index (χ0) is 16.3. The molecule has 0 saturated carbocycles. The van der Waals surface area contributed by atoms with Crippen molar-refractivity contribution in [3.8, 4) is 0 Å². The van der Waals surface area contributed by atoms with Gasteiger partial charge >= 0.3 is 6.18 Å². The van der Waals surface area contributed by atoms with Gasteiger partial charge in [-0.05, 0) is 12.8 Å². The van der Waals surface area contributed by atoms with Crippen LogP contribution in [-0.4, -0.2) is 15.0 Å². The van der Waals surface area contributed by atoms with Crippen LogP contribution in [0.3, 0.4) is 0 Å². The minimum atomic E-state index is -3.98. The van der Waals surface area contributed by atoms with E-state index in [4.69, 9.17) is 0 Å². The van der Waals surface area contributed by atoms with Gasteiger partial charge < -0.3 is 5.92 Å². The Balaban J connectivity index is -0.000000295. The molecule has 0 heterocycles. The Morgan fingerprint density at radius 2 is 1.57 bits per heavy atom. The smallest absolute Gasteiger partial charge is 0.319 e. The van der Waals surface area contributed by atoms with Crippen molar-refractivity contribution in [2.24, 2.45) is 11.8 Å². The third kappa shape index (κ3) is 19.1. The monoisotopic (exact) mass is 400 g/mol. The Morgan fingerprint density at radius 3 is 1.76 bits per heavy atom. The number of hydrogen-bond acceptors (Lipinski definition) is 0. The van der Waals surface area contributed by atoms with E-state index in [0.717, 1.165) is 5.92 Å². The molecule has 5 heteroatoms. The van der Waals surface area contributed by atoms with Gasteiger partial charge in [0.05, 0.1) is 5.92 Å². The van der Waals surface area contributed by atoms with Crippen LogP contribution in [0.1, 0.15) is 60.3 Å². The molecule has 0 amide bonds. The predicted octanol–water partition coefficient (Wildman–Crippen LogP) is 6.49. The molecular weight excluding hydrogens is 366 g/mol. The van der Waals surface area contributed by atoms with Gasteiger partial charge in [0.25, 0.3) is 0 Å². The molecule has 0 rings (SSSR count). The van der Waals surface area contributed by atoms with Gasteiger partial charge in [0.2, 0.25) is 0 Å². The van der Waals surface area contributed by atoms with Crippen molar-refractivity contribution < 1.29 is 45.9 Å². The summed E-state index contributed by atoms with van der Waals surface area (Å²) >= 11 is 0. The zero-order valence-corrected chi connectivity index (χ0v) is 19.0. The average Bonchev–Trinajstić information content (AvgIpc) is 2.22. The summed E-state index contributed by atoms with van der Waals surface area (Å²) in [6.07, 6.45) is -1.56. The standard InChI is InChI=1S/C9H21Si.C7H13F3.Y/c1-8(2)6-9(3)7-10(4)5;1-3-5-6(4-2)7(8,9)10;/h8,10H,6-7H2,1-5H3;6H,3-5H2,1-2H3;/q-1;;. The predicted molar refractivity (Wildman–Crippen MR) is 86.8 cm³/mol. The molecule has 0 aromatic rings. The molecule has 1 radical (unpaired) electrons. The van der Waals surface area contributed by atoms with Gasteiger partial charge in [0.15, 0.2) is 0 Å². The maximum absolute atomic E-state index is 11.9. The molecule has 0 saturated heterocycles. The average molecular weight is 400 g/mol. The van der Waals surface area contributed by atoms with Gasteiger partial charge in [-0.1, -0.05) is 53.1 Å². The molecule has 0 fully saturated rings. The van der Waals surface area contributed by atoms with E-state index < -0.39 is 12.1 Å². The molecule has 0 aliphatic carbocycles. The number of halogens is 3. The fourth-order valence-corrected chi connectivity index (χ4v) is 3.99. The van der Waals surface area contributed by atoms with Crippen LogP contribution in [0.15, 0.2) is 0 Å². The summed E-state index contributed by atoms with van der Waals surface area (Å²) in [5.74, 6) is 1.49. The van der Waals surface area contributed by atoms with E-state index in [0.29, 0.717) is 6.42 Å². The molecule has 0 aliphatic heterocycles. The first-order valence-corrected chi connectivity index (χ1v) is 11.0. The third-order valence-corrected chi connectivity index (χ3v) is 4.62. The van der Waals surface area contributed by atoms with Crippen LogP contribution in [0.5, 0.6) is 0 Å². The SMILES string of the molecule is CCCC(CC)C(F)(F)F.C[C-](CC(C)C)C[SiH](C)C.[Y]. The molecule has 0 nitrogen and oxygen atoms in total. The number of rotatable bonds is 7. The Hall–Kier alpha value is 1.11. The Labute approximate surface area is 157 Å². The van der Waals surface area contributed by atoms with Crippen LogP contribution in [-0.2, 0) is 32.7 Å². The summed E-state index contributed by atoms with van der Waals surface area (Å²) in [6.45, 7) is 15.1. The van der Waals surface area contributed by atoms with Gasteiger partial charge in [0, 0.05) is 41.5 Å². The van der Waals surface area contributed by atoms with E-state index in [1.165, 1.54) is 12.5 Å². The summed E-state index contributed by atoms with van der Waals surface area (Å²) in [4.78, 5) is 0. The van der Waals surface area contributed by atoms with Crippen molar-refractivity contribution in [1.82, 2.24) is 0 Å². The van der Waals surface area contributed by atoms with E-state index in [-0.39, 0.29) is 54.3 Å². The number of hydrogen-bond donors (Lipinski definition) is 0. The van der Waals surface area contributed by atoms with Crippen molar-refractivity contribution in [3.63, 3.8) is 0 Å². The van der Waals surface area contributed by atoms with Gasteiger partial charge in [0.1, 0.15) is 0 Å². The van der Waals surface area contributed by atoms with E-state index in [1.54, 1.807) is 19.8 Å². The van der Waals surface area contributed by atoms with Gasteiger partial charge in [-0.3, -0.25) is 0 Å². The summed E-state index contributed by atoms with van der Waals surface area (Å²) in [6, 6.07) is 1.44. The van der Waals surface area contributed by atoms with Gasteiger partial charge in [-0.15, -0.1) is 0 Å². The summed E-state index contributed by atoms with van der Waals surface area (Å²) in [7, 11) is -0.324. The van der Waals surface area contributed by atoms with Crippen LogP contribution < -0.4 is 0 Å². The van der Waals surface area contributed by atoms with Gasteiger partial charge in [-0.25, -0.2) is 0 Å². The van der Waals surface area contributed by atoms with Crippen LogP contribution >= 0.6 is 0 Å². The third-order valence-electron chi connectivity index (χ3n) is 3.11. The van der Waals surface area contributed by atoms with Gasteiger partial charge in [-0.2, -0.15) is 32.6 Å². The number of alkyl halides is 3. The van der Waals surface area contributed by atoms with Crippen molar-refractivity contribution in [1.29, 1.82) is 0 Å². The molecular formula is C16H34F3SiY-. The Kier molecular flexibility index (Phi) is 18.9. The molecule has 0 N–H and O–H groups in total. The second-order valence-electron chi connectivity index (χ2n) is 6.59. The Bertz CT molecular complexity index is 208. The van der Waals surface area contributed by atoms with Crippen molar-refractivity contribution in [3.05, 3.63) is 5.92 Å². The molecule has 0 aliphatic rings. The molecule has 0 aromatic heterocycles. The second-order valence-corrected chi connectivity index (χ2v) is 9.78. The van der Waals surface area contributed by atoms with Crippen molar-refractivity contribution >= 4 is 8.80 Å². The Morgan fingerprint density at radius 1 is 1.10 bits per heavy atom. The zero-order valence-electron chi connectivity index (χ0n) is 15.0. The fourth-order valence-electron chi connectivity index (χ4n) is 2.42. The molecule has 0 spiro atoms. The first kappa shape index (κ1) is 27.0. The topological polar surface area (TPSA) is 0 Å². The fraction of sp³-hybridized carbons (Fsp3) is 0.938. The molecule has 21 heavy (non-hydrogen) atoms. The normalized spacial score (nSPS) is 13.0. The summed E-state index contributed by atoms with van der Waals surface area (Å²) < 4.78 is 35.7. The maximum atomic E-state index is 11.9. The van der Waals surface area contributed by atoms with Crippen molar-refractivity contribution in [2.45, 2.75) is 85.6 Å². The summed E-state index contributed by atoms with van der Waals surface area (Å²) in [5, 5.41) is 0. The minimum absolute atomic E-state index is 0. The first-order chi connectivity index (χ1) is 9.04. The minimum Gasteiger partial charge on any atom is -0.319 e. The van der Waals surface area contributed by atoms with E-state index in [2.05, 4.69) is 33.9 Å². The molecule has 1 atom stereocenters. The molecule has 1 unspecified atom stereocenters. The van der Waals surface area contributed by atoms with E-state index in [1.807, 2.05) is 0 Å². The van der Waals surface area contributed by atoms with Crippen LogP contribution in [0.25, 0.3) is 0 Å². The maximum Gasteiger partial charge on any atom is 0.391 e. The first-order valence-electron chi connectivity index (χ1n) is 7.92. The van der Waals surface area contributed by atoms with E-state index >= 15 is 0 Å². The largest absolute Gasteiger partial charge is 0.391 e. The molecule has 0 aromatic carbocycles. The van der Waals surface area contributed by atoms with E-state index in [9.17, 15) is 13.2 Å².